The molecule has 0 aromatic rings. The minimum absolute atomic E-state index is 0.255. The highest BCUT2D eigenvalue weighted by Gasteiger charge is 1.98. The van der Waals surface area contributed by atoms with E-state index in [1.807, 2.05) is 6.92 Å². The van der Waals surface area contributed by atoms with Crippen LogP contribution < -0.4 is 0 Å². The van der Waals surface area contributed by atoms with E-state index in [9.17, 15) is 4.79 Å². The van der Waals surface area contributed by atoms with Crippen LogP contribution in [-0.4, -0.2) is 5.97 Å². The van der Waals surface area contributed by atoms with Crippen LogP contribution in [-0.2, 0) is 9.53 Å². The molecule has 0 saturated heterocycles. The number of esters is 1. The number of rotatable bonds is 4. The second-order valence-corrected chi connectivity index (χ2v) is 2.56. The Hall–Kier alpha value is -1.41. The maximum absolute atomic E-state index is 10.9. The van der Waals surface area contributed by atoms with Crippen molar-refractivity contribution in [2.75, 3.05) is 0 Å². The van der Waals surface area contributed by atoms with Crippen molar-refractivity contribution in [3.8, 4) is 24.4 Å². The third kappa shape index (κ3) is 8.50. The second-order valence-electron chi connectivity index (χ2n) is 2.56. The molecule has 2 heteroatoms. The van der Waals surface area contributed by atoms with E-state index >= 15 is 0 Å². The van der Waals surface area contributed by atoms with Gasteiger partial charge in [-0.1, -0.05) is 19.3 Å². The fourth-order valence-corrected chi connectivity index (χ4v) is 0.651. The van der Waals surface area contributed by atoms with Crippen LogP contribution >= 0.6 is 0 Å². The molecule has 0 bridgehead atoms. The highest BCUT2D eigenvalue weighted by atomic mass is 16.5. The van der Waals surface area contributed by atoms with Crippen LogP contribution in [0.4, 0.5) is 0 Å². The molecule has 0 aliphatic carbocycles. The molecule has 0 aliphatic rings. The van der Waals surface area contributed by atoms with Crippen molar-refractivity contribution in [3.05, 3.63) is 0 Å². The summed E-state index contributed by atoms with van der Waals surface area (Å²) in [6.45, 7) is 2.02. The lowest BCUT2D eigenvalue weighted by Gasteiger charge is -1.92. The normalized spacial score (nSPS) is 8.00. The Kier molecular flexibility index (Phi) is 7.74. The Balaban J connectivity index is 3.44. The molecular formula is C11H14O2. The Bertz CT molecular complexity index is 237. The molecule has 0 heterocycles. The molecule has 2 nitrogen and oxygen atoms in total. The summed E-state index contributed by atoms with van der Waals surface area (Å²) in [7, 11) is 0. The van der Waals surface area contributed by atoms with Crippen molar-refractivity contribution in [1.29, 1.82) is 0 Å². The smallest absolute Gasteiger partial charge is 0.319 e. The molecule has 0 radical (unpaired) electrons. The third-order valence-electron chi connectivity index (χ3n) is 1.37. The average molecular weight is 178 g/mol. The van der Waals surface area contributed by atoms with E-state index in [2.05, 4.69) is 22.7 Å². The Morgan fingerprint density at radius 2 is 2.23 bits per heavy atom. The number of unbranched alkanes of at least 4 members (excludes halogenated alkanes) is 2. The van der Waals surface area contributed by atoms with E-state index in [-0.39, 0.29) is 5.97 Å². The molecule has 0 rings (SSSR count). The van der Waals surface area contributed by atoms with E-state index in [0.717, 1.165) is 12.8 Å². The summed E-state index contributed by atoms with van der Waals surface area (Å²) in [6.07, 6.45) is 10.8. The summed E-state index contributed by atoms with van der Waals surface area (Å²) in [6, 6.07) is 0. The molecule has 0 aromatic carbocycles. The van der Waals surface area contributed by atoms with Crippen molar-refractivity contribution >= 4 is 5.97 Å². The first-order valence-electron chi connectivity index (χ1n) is 4.42. The van der Waals surface area contributed by atoms with Gasteiger partial charge in [-0.15, -0.1) is 12.3 Å². The number of carbonyl (C=O) groups is 1. The van der Waals surface area contributed by atoms with Gasteiger partial charge < -0.3 is 4.74 Å². The minimum atomic E-state index is -0.255. The molecule has 0 saturated carbocycles. The fourth-order valence-electron chi connectivity index (χ4n) is 0.651. The molecule has 0 spiro atoms. The monoisotopic (exact) mass is 178 g/mol. The van der Waals surface area contributed by atoms with Crippen molar-refractivity contribution in [2.24, 2.45) is 0 Å². The van der Waals surface area contributed by atoms with Gasteiger partial charge in [0, 0.05) is 19.3 Å². The zero-order chi connectivity index (χ0) is 9.94. The number of hydrogen-bond acceptors (Lipinski definition) is 2. The molecule has 0 N–H and O–H groups in total. The summed E-state index contributed by atoms with van der Waals surface area (Å²) in [5, 5.41) is 0. The first-order chi connectivity index (χ1) is 6.31. The highest BCUT2D eigenvalue weighted by molar-refractivity contribution is 5.70. The summed E-state index contributed by atoms with van der Waals surface area (Å²) in [5.41, 5.74) is 0. The zero-order valence-corrected chi connectivity index (χ0v) is 7.93. The van der Waals surface area contributed by atoms with Crippen molar-refractivity contribution in [3.63, 3.8) is 0 Å². The largest absolute Gasteiger partial charge is 0.372 e. The standard InChI is InChI=1S/C11H14O2/c1-3-5-7-8-10-13-11(12)9-6-4-2/h1H,4-7,9H2,2H3. The van der Waals surface area contributed by atoms with Crippen LogP contribution in [0.1, 0.15) is 39.0 Å². The van der Waals surface area contributed by atoms with E-state index in [1.54, 1.807) is 0 Å². The van der Waals surface area contributed by atoms with Crippen LogP contribution in [0.15, 0.2) is 0 Å². The van der Waals surface area contributed by atoms with Gasteiger partial charge in [0.15, 0.2) is 0 Å². The van der Waals surface area contributed by atoms with E-state index in [1.165, 1.54) is 0 Å². The van der Waals surface area contributed by atoms with Gasteiger partial charge in [-0.25, -0.2) is 0 Å². The highest BCUT2D eigenvalue weighted by Crippen LogP contribution is 1.95. The Morgan fingerprint density at radius 3 is 2.85 bits per heavy atom. The van der Waals surface area contributed by atoms with Crippen molar-refractivity contribution in [2.45, 2.75) is 39.0 Å². The topological polar surface area (TPSA) is 26.3 Å². The predicted octanol–water partition coefficient (Wildman–Crippen LogP) is 2.09. The SMILES string of the molecule is C#CCCC#COC(=O)CCCC. The van der Waals surface area contributed by atoms with Crippen LogP contribution in [0.25, 0.3) is 0 Å². The molecule has 0 aromatic heterocycles. The lowest BCUT2D eigenvalue weighted by molar-refractivity contribution is -0.136. The van der Waals surface area contributed by atoms with Gasteiger partial charge in [-0.05, 0) is 6.42 Å². The van der Waals surface area contributed by atoms with Crippen molar-refractivity contribution < 1.29 is 9.53 Å². The van der Waals surface area contributed by atoms with Gasteiger partial charge in [-0.3, -0.25) is 4.79 Å². The van der Waals surface area contributed by atoms with Gasteiger partial charge >= 0.3 is 5.97 Å². The molecule has 0 atom stereocenters. The van der Waals surface area contributed by atoms with Crippen molar-refractivity contribution in [1.82, 2.24) is 0 Å². The minimum Gasteiger partial charge on any atom is -0.372 e. The Labute approximate surface area is 79.7 Å². The van der Waals surface area contributed by atoms with Crippen LogP contribution in [0, 0.1) is 24.4 Å². The molecule has 70 valence electrons. The van der Waals surface area contributed by atoms with Gasteiger partial charge in [0.1, 0.15) is 6.11 Å². The number of terminal acetylenes is 1. The summed E-state index contributed by atoms with van der Waals surface area (Å²) < 4.78 is 4.62. The van der Waals surface area contributed by atoms with Gasteiger partial charge in [0.2, 0.25) is 0 Å². The molecular weight excluding hydrogens is 164 g/mol. The lowest BCUT2D eigenvalue weighted by atomic mass is 10.3. The predicted molar refractivity (Wildman–Crippen MR) is 51.5 cm³/mol. The van der Waals surface area contributed by atoms with Gasteiger partial charge in [0.25, 0.3) is 0 Å². The summed E-state index contributed by atoms with van der Waals surface area (Å²) in [5.74, 6) is 4.85. The van der Waals surface area contributed by atoms with Crippen LogP contribution in [0.2, 0.25) is 0 Å². The van der Waals surface area contributed by atoms with E-state index < -0.39 is 0 Å². The zero-order valence-electron chi connectivity index (χ0n) is 7.93. The molecule has 0 aliphatic heterocycles. The first-order valence-corrected chi connectivity index (χ1v) is 4.42. The number of carbonyl (C=O) groups excluding carboxylic acids is 1. The maximum Gasteiger partial charge on any atom is 0.319 e. The second kappa shape index (κ2) is 8.68. The van der Waals surface area contributed by atoms with Gasteiger partial charge in [-0.2, -0.15) is 0 Å². The van der Waals surface area contributed by atoms with E-state index in [0.29, 0.717) is 19.3 Å². The first kappa shape index (κ1) is 11.6. The fraction of sp³-hybridized carbons (Fsp3) is 0.545. The maximum atomic E-state index is 10.9. The molecule has 0 unspecified atom stereocenters. The van der Waals surface area contributed by atoms with Crippen LogP contribution in [0.5, 0.6) is 0 Å². The summed E-state index contributed by atoms with van der Waals surface area (Å²) in [4.78, 5) is 10.9. The number of hydrogen-bond donors (Lipinski definition) is 0. The van der Waals surface area contributed by atoms with Gasteiger partial charge in [0.05, 0.1) is 0 Å². The number of ether oxygens (including phenoxy) is 1. The third-order valence-corrected chi connectivity index (χ3v) is 1.37. The molecule has 13 heavy (non-hydrogen) atoms. The summed E-state index contributed by atoms with van der Waals surface area (Å²) >= 11 is 0. The molecule has 0 fully saturated rings. The average Bonchev–Trinajstić information content (AvgIpc) is 2.14. The quantitative estimate of drug-likeness (QED) is 0.374. The Morgan fingerprint density at radius 1 is 1.46 bits per heavy atom. The van der Waals surface area contributed by atoms with Crippen LogP contribution in [0.3, 0.4) is 0 Å². The molecule has 0 amide bonds. The van der Waals surface area contributed by atoms with E-state index in [4.69, 9.17) is 6.42 Å². The lowest BCUT2D eigenvalue weighted by Crippen LogP contribution is -1.98.